The third kappa shape index (κ3) is 3.29. The van der Waals surface area contributed by atoms with Crippen LogP contribution in [-0.4, -0.2) is 22.6 Å². The van der Waals surface area contributed by atoms with Gasteiger partial charge in [-0.05, 0) is 72.3 Å². The van der Waals surface area contributed by atoms with Crippen molar-refractivity contribution in [2.45, 2.75) is 13.8 Å². The molecule has 7 heteroatoms. The number of aromatic nitrogens is 2. The predicted octanol–water partition coefficient (Wildman–Crippen LogP) is 3.86. The molecule has 0 saturated carbocycles. The number of halogens is 1. The van der Waals surface area contributed by atoms with Crippen molar-refractivity contribution in [3.8, 4) is 11.5 Å². The maximum atomic E-state index is 12.9. The standard InChI is InChI=1S/C20H17IN2O3S/c1-3-25-16-10-12(9-13(21)18(16)26-4-2)11-17-19(24)23-15-8-6-5-7-14(15)22-20(23)27-17/h5-11H,3-4H2,1-2H3/b17-11+. The number of nitrogens with zero attached hydrogens (tertiary/aromatic N) is 2. The van der Waals surface area contributed by atoms with E-state index in [0.29, 0.717) is 28.5 Å². The van der Waals surface area contributed by atoms with Crippen LogP contribution in [0.15, 0.2) is 41.2 Å². The van der Waals surface area contributed by atoms with Gasteiger partial charge in [-0.1, -0.05) is 23.5 Å². The number of hydrogen-bond donors (Lipinski definition) is 0. The Morgan fingerprint density at radius 3 is 2.74 bits per heavy atom. The van der Waals surface area contributed by atoms with Gasteiger partial charge in [-0.2, -0.15) is 0 Å². The first-order valence-electron chi connectivity index (χ1n) is 8.63. The highest BCUT2D eigenvalue weighted by Gasteiger charge is 2.13. The smallest absolute Gasteiger partial charge is 0.274 e. The number of fused-ring (bicyclic) bond motifs is 3. The lowest BCUT2D eigenvalue weighted by atomic mass is 10.2. The van der Waals surface area contributed by atoms with E-state index in [4.69, 9.17) is 9.47 Å². The van der Waals surface area contributed by atoms with Gasteiger partial charge in [0.05, 0.1) is 32.3 Å². The number of ether oxygens (including phenoxy) is 2. The fourth-order valence-electron chi connectivity index (χ4n) is 2.98. The lowest BCUT2D eigenvalue weighted by Gasteiger charge is -2.13. The number of benzene rings is 2. The molecule has 2 aromatic carbocycles. The molecule has 2 aromatic heterocycles. The average Bonchev–Trinajstić information content (AvgIpc) is 3.15. The maximum Gasteiger partial charge on any atom is 0.274 e. The Hall–Kier alpha value is -2.13. The van der Waals surface area contributed by atoms with E-state index in [-0.39, 0.29) is 5.56 Å². The molecule has 0 fully saturated rings. The minimum Gasteiger partial charge on any atom is -0.490 e. The van der Waals surface area contributed by atoms with E-state index in [1.54, 1.807) is 4.40 Å². The van der Waals surface area contributed by atoms with Crippen molar-refractivity contribution in [1.82, 2.24) is 9.38 Å². The number of rotatable bonds is 5. The van der Waals surface area contributed by atoms with Gasteiger partial charge in [0.1, 0.15) is 0 Å². The molecule has 0 N–H and O–H groups in total. The Morgan fingerprint density at radius 2 is 1.96 bits per heavy atom. The van der Waals surface area contributed by atoms with E-state index in [0.717, 1.165) is 25.9 Å². The zero-order valence-corrected chi connectivity index (χ0v) is 17.8. The molecule has 0 aliphatic rings. The average molecular weight is 492 g/mol. The topological polar surface area (TPSA) is 52.8 Å². The molecular formula is C20H17IN2O3S. The molecule has 0 radical (unpaired) electrons. The first-order valence-corrected chi connectivity index (χ1v) is 10.5. The summed E-state index contributed by atoms with van der Waals surface area (Å²) in [5, 5.41) is 0. The van der Waals surface area contributed by atoms with Crippen LogP contribution in [-0.2, 0) is 0 Å². The van der Waals surface area contributed by atoms with E-state index in [9.17, 15) is 4.79 Å². The summed E-state index contributed by atoms with van der Waals surface area (Å²) < 4.78 is 14.7. The lowest BCUT2D eigenvalue weighted by molar-refractivity contribution is 0.286. The zero-order valence-electron chi connectivity index (χ0n) is 14.9. The highest BCUT2D eigenvalue weighted by Crippen LogP contribution is 2.34. The highest BCUT2D eigenvalue weighted by atomic mass is 127. The molecule has 27 heavy (non-hydrogen) atoms. The normalized spacial score (nSPS) is 12.2. The molecule has 0 spiro atoms. The van der Waals surface area contributed by atoms with E-state index in [2.05, 4.69) is 27.6 Å². The van der Waals surface area contributed by atoms with Crippen molar-refractivity contribution >= 4 is 56.0 Å². The van der Waals surface area contributed by atoms with Crippen LogP contribution >= 0.6 is 33.9 Å². The molecule has 0 amide bonds. The van der Waals surface area contributed by atoms with Crippen LogP contribution in [0.1, 0.15) is 19.4 Å². The molecule has 4 aromatic rings. The summed E-state index contributed by atoms with van der Waals surface area (Å²) in [6.45, 7) is 5.00. The van der Waals surface area contributed by atoms with Gasteiger partial charge >= 0.3 is 0 Å². The van der Waals surface area contributed by atoms with Crippen LogP contribution in [0, 0.1) is 3.57 Å². The van der Waals surface area contributed by atoms with Gasteiger partial charge < -0.3 is 9.47 Å². The van der Waals surface area contributed by atoms with E-state index in [1.807, 2.05) is 56.3 Å². The number of imidazole rings is 1. The van der Waals surface area contributed by atoms with Crippen molar-refractivity contribution in [3.63, 3.8) is 0 Å². The molecule has 0 unspecified atom stereocenters. The summed E-state index contributed by atoms with van der Waals surface area (Å²) >= 11 is 3.63. The van der Waals surface area contributed by atoms with Crippen molar-refractivity contribution in [2.24, 2.45) is 0 Å². The third-order valence-corrected chi connectivity index (χ3v) is 5.83. The van der Waals surface area contributed by atoms with Gasteiger partial charge in [-0.15, -0.1) is 0 Å². The maximum absolute atomic E-state index is 12.9. The predicted molar refractivity (Wildman–Crippen MR) is 117 cm³/mol. The Kier molecular flexibility index (Phi) is 5.05. The molecule has 2 heterocycles. The van der Waals surface area contributed by atoms with E-state index >= 15 is 0 Å². The van der Waals surface area contributed by atoms with Crippen LogP contribution < -0.4 is 19.6 Å². The molecular weight excluding hydrogens is 475 g/mol. The second kappa shape index (κ2) is 7.47. The molecule has 4 rings (SSSR count). The molecule has 0 atom stereocenters. The van der Waals surface area contributed by atoms with Gasteiger partial charge in [0.25, 0.3) is 5.56 Å². The number of para-hydroxylation sites is 2. The quantitative estimate of drug-likeness (QED) is 0.398. The fourth-order valence-corrected chi connectivity index (χ4v) is 4.75. The first kappa shape index (κ1) is 18.2. The lowest BCUT2D eigenvalue weighted by Crippen LogP contribution is -2.22. The largest absolute Gasteiger partial charge is 0.490 e. The molecule has 138 valence electrons. The van der Waals surface area contributed by atoms with Crippen LogP contribution in [0.2, 0.25) is 0 Å². The molecule has 0 aliphatic heterocycles. The van der Waals surface area contributed by atoms with Crippen molar-refractivity contribution < 1.29 is 9.47 Å². The SMILES string of the molecule is CCOc1cc(/C=c2/sc3nc4ccccc4n3c2=O)cc(I)c1OCC. The first-order chi connectivity index (χ1) is 13.1. The summed E-state index contributed by atoms with van der Waals surface area (Å²) in [5.41, 5.74) is 2.52. The molecule has 0 aliphatic carbocycles. The Morgan fingerprint density at radius 1 is 1.19 bits per heavy atom. The second-order valence-electron chi connectivity index (χ2n) is 5.83. The molecule has 0 saturated heterocycles. The van der Waals surface area contributed by atoms with Crippen molar-refractivity contribution in [1.29, 1.82) is 0 Å². The van der Waals surface area contributed by atoms with Gasteiger partial charge in [-0.25, -0.2) is 9.38 Å². The Labute approximate surface area is 173 Å². The van der Waals surface area contributed by atoms with E-state index < -0.39 is 0 Å². The number of thiazole rings is 1. The third-order valence-electron chi connectivity index (χ3n) is 4.06. The highest BCUT2D eigenvalue weighted by molar-refractivity contribution is 14.1. The number of hydrogen-bond acceptors (Lipinski definition) is 5. The molecule has 5 nitrogen and oxygen atoms in total. The Bertz CT molecular complexity index is 1250. The summed E-state index contributed by atoms with van der Waals surface area (Å²) in [6, 6.07) is 11.6. The summed E-state index contributed by atoms with van der Waals surface area (Å²) in [6.07, 6.45) is 1.89. The monoisotopic (exact) mass is 492 g/mol. The van der Waals surface area contributed by atoms with Gasteiger partial charge in [-0.3, -0.25) is 4.79 Å². The zero-order chi connectivity index (χ0) is 19.0. The summed E-state index contributed by atoms with van der Waals surface area (Å²) in [4.78, 5) is 18.2. The van der Waals surface area contributed by atoms with Crippen LogP contribution in [0.3, 0.4) is 0 Å². The summed E-state index contributed by atoms with van der Waals surface area (Å²) in [5.74, 6) is 1.43. The van der Waals surface area contributed by atoms with Gasteiger partial charge in [0.2, 0.25) is 0 Å². The van der Waals surface area contributed by atoms with Crippen LogP contribution in [0.25, 0.3) is 22.1 Å². The minimum absolute atomic E-state index is 0.0504. The van der Waals surface area contributed by atoms with Crippen LogP contribution in [0.4, 0.5) is 0 Å². The second-order valence-corrected chi connectivity index (χ2v) is 8.00. The van der Waals surface area contributed by atoms with Crippen molar-refractivity contribution in [2.75, 3.05) is 13.2 Å². The van der Waals surface area contributed by atoms with Gasteiger partial charge in [0, 0.05) is 0 Å². The summed E-state index contributed by atoms with van der Waals surface area (Å²) in [7, 11) is 0. The van der Waals surface area contributed by atoms with Crippen molar-refractivity contribution in [3.05, 3.63) is 60.4 Å². The van der Waals surface area contributed by atoms with E-state index in [1.165, 1.54) is 11.3 Å². The Balaban J connectivity index is 1.88. The van der Waals surface area contributed by atoms with Gasteiger partial charge in [0.15, 0.2) is 16.5 Å². The minimum atomic E-state index is -0.0504. The fraction of sp³-hybridized carbons (Fsp3) is 0.200. The van der Waals surface area contributed by atoms with Crippen LogP contribution in [0.5, 0.6) is 11.5 Å². The molecule has 0 bridgehead atoms.